The highest BCUT2D eigenvalue weighted by Gasteiger charge is 2.26. The van der Waals surface area contributed by atoms with Gasteiger partial charge in [-0.3, -0.25) is 4.99 Å². The second-order valence-electron chi connectivity index (χ2n) is 5.54. The molecule has 23 heavy (non-hydrogen) atoms. The van der Waals surface area contributed by atoms with Crippen LogP contribution in [0.4, 0.5) is 0 Å². The van der Waals surface area contributed by atoms with E-state index in [1.165, 1.54) is 9.78 Å². The minimum absolute atomic E-state index is 0.253. The van der Waals surface area contributed by atoms with E-state index in [1.54, 1.807) is 23.6 Å². The van der Waals surface area contributed by atoms with Crippen molar-refractivity contribution in [3.63, 3.8) is 0 Å². The monoisotopic (exact) mass is 395 g/mol. The molecule has 4 nitrogen and oxygen atoms in total. The van der Waals surface area contributed by atoms with Gasteiger partial charge in [0.1, 0.15) is 24.9 Å². The first kappa shape index (κ1) is 16.6. The Labute approximate surface area is 148 Å². The van der Waals surface area contributed by atoms with Crippen molar-refractivity contribution < 1.29 is 14.7 Å². The van der Waals surface area contributed by atoms with Crippen molar-refractivity contribution in [2.75, 3.05) is 32.8 Å². The van der Waals surface area contributed by atoms with Crippen LogP contribution in [-0.2, 0) is 4.74 Å². The van der Waals surface area contributed by atoms with E-state index in [4.69, 9.17) is 4.74 Å². The number of ether oxygens (including phenoxy) is 1. The number of aromatic hydroxyl groups is 1. The molecular weight excluding hydrogens is 376 g/mol. The lowest BCUT2D eigenvalue weighted by molar-refractivity contribution is -0.937. The van der Waals surface area contributed by atoms with Crippen LogP contribution in [0.5, 0.6) is 5.75 Å². The lowest BCUT2D eigenvalue weighted by Gasteiger charge is -2.30. The second-order valence-corrected chi connectivity index (χ2v) is 7.43. The highest BCUT2D eigenvalue weighted by Crippen LogP contribution is 2.21. The lowest BCUT2D eigenvalue weighted by Crippen LogP contribution is -3.14. The summed E-state index contributed by atoms with van der Waals surface area (Å²) < 4.78 is 6.41. The summed E-state index contributed by atoms with van der Waals surface area (Å²) in [6.45, 7) is 4.36. The molecule has 0 unspecified atom stereocenters. The maximum Gasteiger partial charge on any atom is 0.142 e. The van der Waals surface area contributed by atoms with Gasteiger partial charge in [-0.15, -0.1) is 11.3 Å². The van der Waals surface area contributed by atoms with Gasteiger partial charge in [0.05, 0.1) is 24.6 Å². The van der Waals surface area contributed by atoms with Gasteiger partial charge in [-0.25, -0.2) is 0 Å². The lowest BCUT2D eigenvalue weighted by atomic mass is 10.2. The fraction of sp³-hybridized carbons (Fsp3) is 0.353. The van der Waals surface area contributed by atoms with Crippen LogP contribution >= 0.6 is 27.3 Å². The molecule has 1 aliphatic heterocycles. The van der Waals surface area contributed by atoms with E-state index in [-0.39, 0.29) is 5.75 Å². The maximum atomic E-state index is 9.90. The Balaban J connectivity index is 1.73. The van der Waals surface area contributed by atoms with Gasteiger partial charge in [-0.1, -0.05) is 22.0 Å². The van der Waals surface area contributed by atoms with Crippen molar-refractivity contribution in [1.82, 2.24) is 0 Å². The molecule has 6 heteroatoms. The molecular formula is C17H20BrN2O2S+. The quantitative estimate of drug-likeness (QED) is 0.762. The Hall–Kier alpha value is -1.21. The molecule has 1 fully saturated rings. The Kier molecular flexibility index (Phi) is 5.83. The summed E-state index contributed by atoms with van der Waals surface area (Å²) in [5, 5.41) is 12.0. The number of hydrogen-bond donors (Lipinski definition) is 2. The predicted molar refractivity (Wildman–Crippen MR) is 96.8 cm³/mol. The molecule has 1 aliphatic rings. The topological polar surface area (TPSA) is 46.3 Å². The van der Waals surface area contributed by atoms with Gasteiger partial charge < -0.3 is 14.7 Å². The van der Waals surface area contributed by atoms with Crippen molar-refractivity contribution in [2.24, 2.45) is 4.99 Å². The van der Waals surface area contributed by atoms with E-state index < -0.39 is 0 Å². The minimum atomic E-state index is 0.253. The van der Waals surface area contributed by atoms with E-state index in [9.17, 15) is 5.11 Å². The second kappa shape index (κ2) is 8.06. The summed E-state index contributed by atoms with van der Waals surface area (Å²) in [5.74, 6) is 0.253. The number of nitrogens with zero attached hydrogens (tertiary/aromatic N) is 1. The van der Waals surface area contributed by atoms with Gasteiger partial charge in [0.2, 0.25) is 0 Å². The molecule has 0 spiro atoms. The number of phenolic OH excluding ortho intramolecular Hbond substituents is 1. The van der Waals surface area contributed by atoms with Crippen molar-refractivity contribution >= 4 is 33.5 Å². The summed E-state index contributed by atoms with van der Waals surface area (Å²) in [7, 11) is 0. The van der Waals surface area contributed by atoms with Crippen LogP contribution < -0.4 is 4.90 Å². The van der Waals surface area contributed by atoms with Crippen LogP contribution in [0.3, 0.4) is 0 Å². The standard InChI is InChI=1S/C17H19BrN2O2S/c18-14-3-4-16(21)13(10-14)11-19-12-15(17-2-1-9-23-17)20-5-7-22-8-6-20/h1-4,9-11,15,21H,5-8,12H2/p+1/t15-/m0/s1. The highest BCUT2D eigenvalue weighted by atomic mass is 79.9. The van der Waals surface area contributed by atoms with Crippen LogP contribution in [0.1, 0.15) is 16.5 Å². The molecule has 1 aromatic carbocycles. The minimum Gasteiger partial charge on any atom is -0.507 e. The molecule has 2 heterocycles. The third-order valence-electron chi connectivity index (χ3n) is 4.02. The van der Waals surface area contributed by atoms with E-state index in [1.807, 2.05) is 12.1 Å². The number of quaternary nitrogens is 1. The summed E-state index contributed by atoms with van der Waals surface area (Å²) in [6, 6.07) is 10.00. The normalized spacial score (nSPS) is 17.6. The van der Waals surface area contributed by atoms with Crippen molar-refractivity contribution in [1.29, 1.82) is 0 Å². The molecule has 3 rings (SSSR count). The number of rotatable bonds is 5. The number of thiophene rings is 1. The number of phenols is 1. The van der Waals surface area contributed by atoms with Gasteiger partial charge in [0, 0.05) is 16.3 Å². The zero-order valence-electron chi connectivity index (χ0n) is 12.7. The molecule has 1 atom stereocenters. The number of halogens is 1. The van der Waals surface area contributed by atoms with Gasteiger partial charge >= 0.3 is 0 Å². The first-order valence-corrected chi connectivity index (χ1v) is 9.35. The average Bonchev–Trinajstić information content (AvgIpc) is 3.09. The van der Waals surface area contributed by atoms with Crippen molar-refractivity contribution in [3.05, 3.63) is 50.6 Å². The predicted octanol–water partition coefficient (Wildman–Crippen LogP) is 2.29. The van der Waals surface area contributed by atoms with Gasteiger partial charge in [-0.2, -0.15) is 0 Å². The number of benzene rings is 1. The smallest absolute Gasteiger partial charge is 0.142 e. The Bertz CT molecular complexity index is 655. The Morgan fingerprint density at radius 1 is 1.35 bits per heavy atom. The van der Waals surface area contributed by atoms with Crippen LogP contribution in [0, 0.1) is 0 Å². The SMILES string of the molecule is Oc1ccc(Br)cc1C=NC[C@@H](c1cccs1)[NH+]1CCOCC1. The van der Waals surface area contributed by atoms with E-state index in [0.29, 0.717) is 12.6 Å². The first-order valence-electron chi connectivity index (χ1n) is 7.68. The number of aliphatic imine (C=N–C) groups is 1. The third-order valence-corrected chi connectivity index (χ3v) is 5.50. The summed E-state index contributed by atoms with van der Waals surface area (Å²) in [6.07, 6.45) is 1.76. The van der Waals surface area contributed by atoms with E-state index >= 15 is 0 Å². The Morgan fingerprint density at radius 3 is 2.91 bits per heavy atom. The van der Waals surface area contributed by atoms with E-state index in [2.05, 4.69) is 38.4 Å². The molecule has 2 aromatic rings. The first-order chi connectivity index (χ1) is 11.2. The molecule has 0 saturated carbocycles. The number of nitrogens with one attached hydrogen (secondary N) is 1. The van der Waals surface area contributed by atoms with Crippen LogP contribution in [0.15, 0.2) is 45.2 Å². The average molecular weight is 396 g/mol. The maximum absolute atomic E-state index is 9.90. The van der Waals surface area contributed by atoms with Crippen LogP contribution in [0.2, 0.25) is 0 Å². The molecule has 0 radical (unpaired) electrons. The molecule has 0 bridgehead atoms. The van der Waals surface area contributed by atoms with E-state index in [0.717, 1.165) is 36.3 Å². The van der Waals surface area contributed by atoms with Gasteiger partial charge in [-0.05, 0) is 29.6 Å². The zero-order chi connectivity index (χ0) is 16.1. The van der Waals surface area contributed by atoms with Crippen molar-refractivity contribution in [2.45, 2.75) is 6.04 Å². The third kappa shape index (κ3) is 4.41. The highest BCUT2D eigenvalue weighted by molar-refractivity contribution is 9.10. The molecule has 1 saturated heterocycles. The summed E-state index contributed by atoms with van der Waals surface area (Å²) in [4.78, 5) is 7.50. The van der Waals surface area contributed by atoms with Gasteiger partial charge in [0.25, 0.3) is 0 Å². The largest absolute Gasteiger partial charge is 0.507 e. The summed E-state index contributed by atoms with van der Waals surface area (Å²) >= 11 is 5.21. The summed E-state index contributed by atoms with van der Waals surface area (Å²) in [5.41, 5.74) is 0.737. The van der Waals surface area contributed by atoms with Crippen LogP contribution in [-0.4, -0.2) is 44.2 Å². The zero-order valence-corrected chi connectivity index (χ0v) is 15.1. The van der Waals surface area contributed by atoms with Crippen LogP contribution in [0.25, 0.3) is 0 Å². The van der Waals surface area contributed by atoms with Gasteiger partial charge in [0.15, 0.2) is 0 Å². The number of morpholine rings is 1. The Morgan fingerprint density at radius 2 is 2.17 bits per heavy atom. The van der Waals surface area contributed by atoms with Crippen molar-refractivity contribution in [3.8, 4) is 5.75 Å². The molecule has 0 amide bonds. The molecule has 0 aliphatic carbocycles. The number of hydrogen-bond acceptors (Lipinski definition) is 4. The fourth-order valence-corrected chi connectivity index (χ4v) is 4.03. The fourth-order valence-electron chi connectivity index (χ4n) is 2.78. The molecule has 1 aromatic heterocycles. The molecule has 122 valence electrons. The molecule has 2 N–H and O–H groups in total.